The van der Waals surface area contributed by atoms with Crippen LogP contribution >= 0.6 is 0 Å². The van der Waals surface area contributed by atoms with Gasteiger partial charge in [0.25, 0.3) is 0 Å². The Morgan fingerprint density at radius 1 is 1.13 bits per heavy atom. The number of hydrogen-bond acceptors (Lipinski definition) is 1. The Labute approximate surface area is 88.6 Å². The molecule has 0 atom stereocenters. The summed E-state index contributed by atoms with van der Waals surface area (Å²) >= 11 is 0. The molecule has 0 amide bonds. The number of halogens is 3. The van der Waals surface area contributed by atoms with Gasteiger partial charge >= 0.3 is 6.30 Å². The third-order valence-corrected chi connectivity index (χ3v) is 4.16. The summed E-state index contributed by atoms with van der Waals surface area (Å²) in [5, 5.41) is 0. The average molecular weight is 221 g/mol. The van der Waals surface area contributed by atoms with E-state index in [-0.39, 0.29) is 12.0 Å². The Morgan fingerprint density at radius 3 is 1.93 bits per heavy atom. The predicted molar refractivity (Wildman–Crippen MR) is 52.3 cm³/mol. The first kappa shape index (κ1) is 11.2. The van der Waals surface area contributed by atoms with Crippen molar-refractivity contribution in [3.63, 3.8) is 0 Å². The lowest BCUT2D eigenvalue weighted by Gasteiger charge is -2.64. The van der Waals surface area contributed by atoms with Crippen LogP contribution in [0.4, 0.5) is 13.2 Å². The topological polar surface area (TPSA) is 3.24 Å². The molecule has 1 spiro atoms. The zero-order valence-electron chi connectivity index (χ0n) is 9.49. The molecule has 1 saturated heterocycles. The molecule has 1 nitrogen and oxygen atoms in total. The fraction of sp³-hybridized carbons (Fsp3) is 1.00. The molecular weight excluding hydrogens is 203 g/mol. The first-order valence-corrected chi connectivity index (χ1v) is 5.50. The maximum atomic E-state index is 12.6. The summed E-state index contributed by atoms with van der Waals surface area (Å²) in [6, 6.07) is 0. The van der Waals surface area contributed by atoms with Crippen molar-refractivity contribution in [3.8, 4) is 0 Å². The molecule has 1 heterocycles. The lowest BCUT2D eigenvalue weighted by atomic mass is 9.54. The Bertz CT molecular complexity index is 258. The Balaban J connectivity index is 1.98. The first-order chi connectivity index (χ1) is 6.65. The number of rotatable bonds is 0. The van der Waals surface area contributed by atoms with E-state index in [0.29, 0.717) is 5.92 Å². The van der Waals surface area contributed by atoms with Crippen molar-refractivity contribution >= 4 is 0 Å². The molecule has 4 heteroatoms. The van der Waals surface area contributed by atoms with E-state index >= 15 is 0 Å². The summed E-state index contributed by atoms with van der Waals surface area (Å²) in [6.45, 7) is 6.53. The third kappa shape index (κ3) is 1.67. The standard InChI is InChI=1S/C11H18F3N/c1-9(2,3)8-6-10(7-8)4-5-15(10)11(12,13)14/h8H,4-7H2,1-3H3. The van der Waals surface area contributed by atoms with Gasteiger partial charge in [-0.1, -0.05) is 20.8 Å². The van der Waals surface area contributed by atoms with Crippen molar-refractivity contribution in [2.24, 2.45) is 11.3 Å². The van der Waals surface area contributed by atoms with Crippen LogP contribution in [0.1, 0.15) is 40.0 Å². The van der Waals surface area contributed by atoms with Gasteiger partial charge in [-0.2, -0.15) is 13.2 Å². The maximum absolute atomic E-state index is 12.6. The van der Waals surface area contributed by atoms with Crippen LogP contribution in [0.15, 0.2) is 0 Å². The smallest absolute Gasteiger partial charge is 0.208 e. The molecule has 2 aliphatic rings. The van der Waals surface area contributed by atoms with Gasteiger partial charge in [-0.25, -0.2) is 4.90 Å². The van der Waals surface area contributed by atoms with E-state index in [1.807, 2.05) is 0 Å². The summed E-state index contributed by atoms with van der Waals surface area (Å²) in [6.07, 6.45) is -1.97. The van der Waals surface area contributed by atoms with Gasteiger partial charge in [0.2, 0.25) is 0 Å². The molecule has 0 aromatic heterocycles. The van der Waals surface area contributed by atoms with Crippen LogP contribution in [-0.4, -0.2) is 23.3 Å². The van der Waals surface area contributed by atoms with Gasteiger partial charge in [0.15, 0.2) is 0 Å². The third-order valence-electron chi connectivity index (χ3n) is 4.16. The lowest BCUT2D eigenvalue weighted by Crippen LogP contribution is -2.71. The number of hydrogen-bond donors (Lipinski definition) is 0. The molecule has 0 bridgehead atoms. The summed E-state index contributed by atoms with van der Waals surface area (Å²) in [5.41, 5.74) is -0.367. The first-order valence-electron chi connectivity index (χ1n) is 5.50. The fourth-order valence-corrected chi connectivity index (χ4v) is 2.83. The van der Waals surface area contributed by atoms with Crippen LogP contribution in [-0.2, 0) is 0 Å². The molecule has 0 aromatic rings. The van der Waals surface area contributed by atoms with Gasteiger partial charge in [0.1, 0.15) is 0 Å². The highest BCUT2D eigenvalue weighted by atomic mass is 19.4. The van der Waals surface area contributed by atoms with E-state index < -0.39 is 11.8 Å². The van der Waals surface area contributed by atoms with Gasteiger partial charge in [0.05, 0.1) is 0 Å². The Kier molecular flexibility index (Phi) is 2.18. The predicted octanol–water partition coefficient (Wildman–Crippen LogP) is 3.41. The average Bonchev–Trinajstić information content (AvgIpc) is 1.71. The van der Waals surface area contributed by atoms with Crippen LogP contribution in [0.2, 0.25) is 0 Å². The zero-order chi connectivity index (χ0) is 11.5. The fourth-order valence-electron chi connectivity index (χ4n) is 2.83. The van der Waals surface area contributed by atoms with E-state index in [1.54, 1.807) is 0 Å². The van der Waals surface area contributed by atoms with Crippen molar-refractivity contribution in [2.75, 3.05) is 6.54 Å². The molecule has 0 unspecified atom stereocenters. The Hall–Kier alpha value is -0.250. The van der Waals surface area contributed by atoms with E-state index in [1.165, 1.54) is 0 Å². The second-order valence-electron chi connectivity index (χ2n) is 6.07. The number of nitrogens with zero attached hydrogens (tertiary/aromatic N) is 1. The van der Waals surface area contributed by atoms with Crippen LogP contribution in [0.5, 0.6) is 0 Å². The van der Waals surface area contributed by atoms with Crippen LogP contribution in [0.25, 0.3) is 0 Å². The summed E-state index contributed by atoms with van der Waals surface area (Å²) < 4.78 is 37.7. The second kappa shape index (κ2) is 2.90. The number of likely N-dealkylation sites (tertiary alicyclic amines) is 1. The minimum atomic E-state index is -4.12. The molecule has 1 saturated carbocycles. The lowest BCUT2D eigenvalue weighted by molar-refractivity contribution is -0.330. The molecular formula is C11H18F3N. The normalized spacial score (nSPS) is 37.6. The summed E-state index contributed by atoms with van der Waals surface area (Å²) in [4.78, 5) is 0.738. The Morgan fingerprint density at radius 2 is 1.67 bits per heavy atom. The molecule has 0 aromatic carbocycles. The number of alkyl halides is 3. The highest BCUT2D eigenvalue weighted by Crippen LogP contribution is 2.58. The van der Waals surface area contributed by atoms with Crippen molar-refractivity contribution in [1.29, 1.82) is 0 Å². The molecule has 1 aliphatic heterocycles. The molecule has 0 N–H and O–H groups in total. The van der Waals surface area contributed by atoms with Gasteiger partial charge in [0, 0.05) is 12.1 Å². The van der Waals surface area contributed by atoms with Crippen LogP contribution in [0, 0.1) is 11.3 Å². The van der Waals surface area contributed by atoms with Crippen LogP contribution < -0.4 is 0 Å². The SMILES string of the molecule is CC(C)(C)C1CC2(CCN2C(F)(F)F)C1. The largest absolute Gasteiger partial charge is 0.460 e. The van der Waals surface area contributed by atoms with Gasteiger partial charge < -0.3 is 0 Å². The summed E-state index contributed by atoms with van der Waals surface area (Å²) in [7, 11) is 0. The van der Waals surface area contributed by atoms with E-state index in [0.717, 1.165) is 24.2 Å². The minimum Gasteiger partial charge on any atom is -0.208 e. The van der Waals surface area contributed by atoms with Crippen LogP contribution in [0.3, 0.4) is 0 Å². The van der Waals surface area contributed by atoms with Crippen molar-refractivity contribution in [3.05, 3.63) is 0 Å². The van der Waals surface area contributed by atoms with Crippen molar-refractivity contribution in [2.45, 2.75) is 51.9 Å². The van der Waals surface area contributed by atoms with Crippen molar-refractivity contribution in [1.82, 2.24) is 4.90 Å². The second-order valence-corrected chi connectivity index (χ2v) is 6.07. The molecule has 15 heavy (non-hydrogen) atoms. The molecule has 2 rings (SSSR count). The maximum Gasteiger partial charge on any atom is 0.460 e. The quantitative estimate of drug-likeness (QED) is 0.567. The molecule has 2 fully saturated rings. The van der Waals surface area contributed by atoms with E-state index in [4.69, 9.17) is 0 Å². The molecule has 0 radical (unpaired) electrons. The van der Waals surface area contributed by atoms with Crippen molar-refractivity contribution < 1.29 is 13.2 Å². The zero-order valence-corrected chi connectivity index (χ0v) is 9.49. The van der Waals surface area contributed by atoms with Gasteiger partial charge in [-0.05, 0) is 30.6 Å². The highest BCUT2D eigenvalue weighted by Gasteiger charge is 2.63. The van der Waals surface area contributed by atoms with E-state index in [2.05, 4.69) is 20.8 Å². The highest BCUT2D eigenvalue weighted by molar-refractivity contribution is 5.11. The van der Waals surface area contributed by atoms with E-state index in [9.17, 15) is 13.2 Å². The minimum absolute atomic E-state index is 0.151. The summed E-state index contributed by atoms with van der Waals surface area (Å²) in [5.74, 6) is 0.447. The van der Waals surface area contributed by atoms with Gasteiger partial charge in [-0.15, -0.1) is 0 Å². The monoisotopic (exact) mass is 221 g/mol. The van der Waals surface area contributed by atoms with Gasteiger partial charge in [-0.3, -0.25) is 0 Å². The molecule has 88 valence electrons. The molecule has 1 aliphatic carbocycles.